The Balaban J connectivity index is 2.42. The molecule has 1 N–H and O–H groups in total. The second-order valence-electron chi connectivity index (χ2n) is 4.19. The van der Waals surface area contributed by atoms with Crippen LogP contribution in [0.5, 0.6) is 0 Å². The third-order valence-electron chi connectivity index (χ3n) is 2.96. The highest BCUT2D eigenvalue weighted by Gasteiger charge is 2.24. The lowest BCUT2D eigenvalue weighted by Crippen LogP contribution is -2.24. The Kier molecular flexibility index (Phi) is 5.22. The molecular formula is C13H16BrFN4O. The van der Waals surface area contributed by atoms with Crippen LogP contribution in [0.4, 0.5) is 4.39 Å². The molecule has 0 saturated carbocycles. The number of nitrogens with zero attached hydrogens (tertiary/aromatic N) is 3. The molecule has 5 nitrogen and oxygen atoms in total. The van der Waals surface area contributed by atoms with Gasteiger partial charge in [-0.1, -0.05) is 0 Å². The van der Waals surface area contributed by atoms with Crippen LogP contribution in [0.2, 0.25) is 0 Å². The summed E-state index contributed by atoms with van der Waals surface area (Å²) >= 11 is 3.46. The zero-order valence-corrected chi connectivity index (χ0v) is 12.9. The summed E-state index contributed by atoms with van der Waals surface area (Å²) < 4.78 is 21.6. The van der Waals surface area contributed by atoms with Crippen molar-refractivity contribution in [2.24, 2.45) is 0 Å². The summed E-state index contributed by atoms with van der Waals surface area (Å²) in [6.45, 7) is 1.12. The molecule has 0 aromatic carbocycles. The molecule has 2 aromatic rings. The molecule has 20 heavy (non-hydrogen) atoms. The van der Waals surface area contributed by atoms with E-state index in [2.05, 4.69) is 31.3 Å². The van der Waals surface area contributed by atoms with Gasteiger partial charge in [0.25, 0.3) is 0 Å². The number of methoxy groups -OCH3 is 1. The van der Waals surface area contributed by atoms with Gasteiger partial charge in [-0.3, -0.25) is 9.67 Å². The predicted molar refractivity (Wildman–Crippen MR) is 76.9 cm³/mol. The molecule has 108 valence electrons. The number of nitrogens with one attached hydrogen (secondary N) is 1. The zero-order valence-electron chi connectivity index (χ0n) is 11.3. The third-order valence-corrected chi connectivity index (χ3v) is 3.57. The van der Waals surface area contributed by atoms with Gasteiger partial charge in [0, 0.05) is 13.3 Å². The van der Waals surface area contributed by atoms with Gasteiger partial charge >= 0.3 is 0 Å². The maximum atomic E-state index is 14.0. The monoisotopic (exact) mass is 342 g/mol. The molecule has 0 aliphatic rings. The van der Waals surface area contributed by atoms with E-state index in [-0.39, 0.29) is 11.9 Å². The Labute approximate surface area is 125 Å². The van der Waals surface area contributed by atoms with Gasteiger partial charge in [0.05, 0.1) is 41.3 Å². The van der Waals surface area contributed by atoms with Crippen molar-refractivity contribution in [1.82, 2.24) is 20.1 Å². The van der Waals surface area contributed by atoms with E-state index in [0.29, 0.717) is 18.8 Å². The second-order valence-corrected chi connectivity index (χ2v) is 5.04. The molecule has 0 saturated heterocycles. The van der Waals surface area contributed by atoms with Crippen molar-refractivity contribution in [2.75, 3.05) is 20.8 Å². The highest BCUT2D eigenvalue weighted by molar-refractivity contribution is 9.10. The van der Waals surface area contributed by atoms with Crippen LogP contribution in [0, 0.1) is 5.82 Å². The lowest BCUT2D eigenvalue weighted by Gasteiger charge is -2.18. The molecule has 1 atom stereocenters. The van der Waals surface area contributed by atoms with Crippen molar-refractivity contribution in [1.29, 1.82) is 0 Å². The number of hydrogen-bond acceptors (Lipinski definition) is 4. The molecule has 2 aromatic heterocycles. The summed E-state index contributed by atoms with van der Waals surface area (Å²) in [5, 5.41) is 7.36. The van der Waals surface area contributed by atoms with Gasteiger partial charge in [-0.25, -0.2) is 4.39 Å². The maximum Gasteiger partial charge on any atom is 0.146 e. The number of ether oxygens (including phenoxy) is 1. The summed E-state index contributed by atoms with van der Waals surface area (Å²) in [4.78, 5) is 4.14. The summed E-state index contributed by atoms with van der Waals surface area (Å²) in [5.41, 5.74) is 1.16. The van der Waals surface area contributed by atoms with Gasteiger partial charge < -0.3 is 10.1 Å². The first-order chi connectivity index (χ1) is 9.69. The first kappa shape index (κ1) is 15.1. The average molecular weight is 343 g/mol. The summed E-state index contributed by atoms with van der Waals surface area (Å²) in [6, 6.07) is 2.59. The zero-order chi connectivity index (χ0) is 14.5. The van der Waals surface area contributed by atoms with Crippen molar-refractivity contribution in [3.63, 3.8) is 0 Å². The van der Waals surface area contributed by atoms with E-state index < -0.39 is 0 Å². The Morgan fingerprint density at radius 2 is 2.35 bits per heavy atom. The molecule has 2 rings (SSSR count). The average Bonchev–Trinajstić information content (AvgIpc) is 2.81. The van der Waals surface area contributed by atoms with Crippen molar-refractivity contribution in [2.45, 2.75) is 12.6 Å². The van der Waals surface area contributed by atoms with Crippen LogP contribution in [0.3, 0.4) is 0 Å². The fourth-order valence-corrected chi connectivity index (χ4v) is 2.55. The van der Waals surface area contributed by atoms with E-state index >= 15 is 0 Å². The van der Waals surface area contributed by atoms with E-state index in [4.69, 9.17) is 4.74 Å². The van der Waals surface area contributed by atoms with Crippen LogP contribution in [-0.2, 0) is 11.3 Å². The van der Waals surface area contributed by atoms with Gasteiger partial charge in [-0.2, -0.15) is 5.10 Å². The molecule has 2 heterocycles. The quantitative estimate of drug-likeness (QED) is 0.873. The van der Waals surface area contributed by atoms with E-state index in [0.717, 1.165) is 10.2 Å². The SMILES string of the molecule is CNC(c1ncccc1F)c1c(Br)cnn1CCOC. The fourth-order valence-electron chi connectivity index (χ4n) is 2.03. The second kappa shape index (κ2) is 6.92. The molecule has 0 spiro atoms. The maximum absolute atomic E-state index is 14.0. The summed E-state index contributed by atoms with van der Waals surface area (Å²) in [7, 11) is 3.39. The van der Waals surface area contributed by atoms with Crippen LogP contribution in [0.15, 0.2) is 29.0 Å². The Hall–Kier alpha value is -1.31. The normalized spacial score (nSPS) is 12.6. The minimum atomic E-state index is -0.384. The third kappa shape index (κ3) is 3.05. The van der Waals surface area contributed by atoms with Crippen LogP contribution < -0.4 is 5.32 Å². The molecule has 1 unspecified atom stereocenters. The first-order valence-corrected chi connectivity index (χ1v) is 6.96. The van der Waals surface area contributed by atoms with Crippen LogP contribution in [0.25, 0.3) is 0 Å². The molecule has 7 heteroatoms. The van der Waals surface area contributed by atoms with Crippen LogP contribution in [-0.4, -0.2) is 35.5 Å². The Morgan fingerprint density at radius 1 is 1.55 bits per heavy atom. The smallest absolute Gasteiger partial charge is 0.146 e. The van der Waals surface area contributed by atoms with Gasteiger partial charge in [-0.05, 0) is 35.1 Å². The predicted octanol–water partition coefficient (Wildman–Crippen LogP) is 2.13. The van der Waals surface area contributed by atoms with Crippen LogP contribution >= 0.6 is 15.9 Å². The number of aromatic nitrogens is 3. The standard InChI is InChI=1S/C13H16BrFN4O/c1-16-12(11-10(15)4-3-5-17-11)13-9(14)8-18-19(13)6-7-20-2/h3-5,8,12,16H,6-7H2,1-2H3. The van der Waals surface area contributed by atoms with Gasteiger partial charge in [0.2, 0.25) is 0 Å². The Morgan fingerprint density at radius 3 is 3.00 bits per heavy atom. The molecular weight excluding hydrogens is 327 g/mol. The molecule has 0 amide bonds. The lowest BCUT2D eigenvalue weighted by atomic mass is 10.1. The van der Waals surface area contributed by atoms with E-state index in [9.17, 15) is 4.39 Å². The molecule has 0 aliphatic heterocycles. The van der Waals surface area contributed by atoms with E-state index in [1.807, 2.05) is 0 Å². The van der Waals surface area contributed by atoms with Gasteiger partial charge in [0.1, 0.15) is 5.82 Å². The fraction of sp³-hybridized carbons (Fsp3) is 0.385. The largest absolute Gasteiger partial charge is 0.383 e. The molecule has 0 bridgehead atoms. The van der Waals surface area contributed by atoms with E-state index in [1.165, 1.54) is 6.07 Å². The summed E-state index contributed by atoms with van der Waals surface area (Å²) in [5.74, 6) is -0.349. The Bertz CT molecular complexity index is 575. The lowest BCUT2D eigenvalue weighted by molar-refractivity contribution is 0.182. The number of pyridine rings is 1. The molecule has 0 aliphatic carbocycles. The highest BCUT2D eigenvalue weighted by atomic mass is 79.9. The summed E-state index contributed by atoms with van der Waals surface area (Å²) in [6.07, 6.45) is 3.27. The van der Waals surface area contributed by atoms with Gasteiger partial charge in [-0.15, -0.1) is 0 Å². The number of rotatable bonds is 6. The topological polar surface area (TPSA) is 52.0 Å². The molecule has 0 radical (unpaired) electrons. The number of halogens is 2. The van der Waals surface area contributed by atoms with Crippen molar-refractivity contribution < 1.29 is 9.13 Å². The minimum absolute atomic E-state index is 0.342. The number of hydrogen-bond donors (Lipinski definition) is 1. The van der Waals surface area contributed by atoms with Crippen molar-refractivity contribution >= 4 is 15.9 Å². The highest BCUT2D eigenvalue weighted by Crippen LogP contribution is 2.28. The minimum Gasteiger partial charge on any atom is -0.383 e. The van der Waals surface area contributed by atoms with Gasteiger partial charge in [0.15, 0.2) is 0 Å². The van der Waals surface area contributed by atoms with E-state index in [1.54, 1.807) is 37.3 Å². The molecule has 0 fully saturated rings. The first-order valence-electron chi connectivity index (χ1n) is 6.16. The van der Waals surface area contributed by atoms with Crippen LogP contribution in [0.1, 0.15) is 17.4 Å². The van der Waals surface area contributed by atoms with Crippen molar-refractivity contribution in [3.05, 3.63) is 46.2 Å². The van der Waals surface area contributed by atoms with Crippen molar-refractivity contribution in [3.8, 4) is 0 Å².